The summed E-state index contributed by atoms with van der Waals surface area (Å²) in [6.07, 6.45) is -1.87. The van der Waals surface area contributed by atoms with Crippen LogP contribution in [0.4, 0.5) is 4.39 Å². The van der Waals surface area contributed by atoms with Gasteiger partial charge in [0.1, 0.15) is 0 Å². The average Bonchev–Trinajstić information content (AvgIpc) is 2.17. The molecule has 2 N–H and O–H groups in total. The highest BCUT2D eigenvalue weighted by molar-refractivity contribution is 5.74. The largest absolute Gasteiger partial charge is 0.494 e. The lowest BCUT2D eigenvalue weighted by Gasteiger charge is -2.09. The Morgan fingerprint density at radius 1 is 1.57 bits per heavy atom. The number of carbonyl (C=O) groups is 1. The zero-order chi connectivity index (χ0) is 10.7. The third-order valence-electron chi connectivity index (χ3n) is 1.74. The van der Waals surface area contributed by atoms with E-state index in [0.717, 1.165) is 0 Å². The fourth-order valence-electron chi connectivity index (χ4n) is 1.03. The zero-order valence-corrected chi connectivity index (χ0v) is 7.40. The molecule has 76 valence electrons. The maximum absolute atomic E-state index is 13.3. The molecule has 5 heteroatoms. The number of carboxylic acids is 1. The van der Waals surface area contributed by atoms with E-state index >= 15 is 0 Å². The van der Waals surface area contributed by atoms with E-state index in [1.165, 1.54) is 25.3 Å². The SMILES string of the molecule is COc1cccc(C(O)C(=O)O)c1F. The van der Waals surface area contributed by atoms with Crippen LogP contribution >= 0.6 is 0 Å². The molecule has 1 rings (SSSR count). The molecule has 1 aromatic rings. The maximum atomic E-state index is 13.3. The van der Waals surface area contributed by atoms with Crippen LogP contribution in [-0.2, 0) is 4.79 Å². The number of benzene rings is 1. The van der Waals surface area contributed by atoms with Crippen molar-refractivity contribution < 1.29 is 24.1 Å². The van der Waals surface area contributed by atoms with Crippen LogP contribution in [0.25, 0.3) is 0 Å². The first-order chi connectivity index (χ1) is 6.57. The van der Waals surface area contributed by atoms with Gasteiger partial charge in [-0.05, 0) is 6.07 Å². The molecule has 0 aromatic heterocycles. The first-order valence-corrected chi connectivity index (χ1v) is 3.81. The van der Waals surface area contributed by atoms with Gasteiger partial charge < -0.3 is 14.9 Å². The Morgan fingerprint density at radius 2 is 2.21 bits per heavy atom. The Bertz CT molecular complexity index is 351. The third kappa shape index (κ3) is 1.82. The first kappa shape index (κ1) is 10.5. The molecule has 0 heterocycles. The summed E-state index contributed by atoms with van der Waals surface area (Å²) in [6, 6.07) is 3.94. The van der Waals surface area contributed by atoms with Gasteiger partial charge in [-0.3, -0.25) is 0 Å². The molecule has 0 aliphatic carbocycles. The van der Waals surface area contributed by atoms with Crippen LogP contribution in [0.1, 0.15) is 11.7 Å². The summed E-state index contributed by atoms with van der Waals surface area (Å²) < 4.78 is 18.0. The lowest BCUT2D eigenvalue weighted by molar-refractivity contribution is -0.147. The molecule has 0 saturated carbocycles. The minimum Gasteiger partial charge on any atom is -0.494 e. The van der Waals surface area contributed by atoms with Crippen molar-refractivity contribution >= 4 is 5.97 Å². The van der Waals surface area contributed by atoms with Gasteiger partial charge in [0.2, 0.25) is 0 Å². The number of aliphatic hydroxyl groups is 1. The number of methoxy groups -OCH3 is 1. The summed E-state index contributed by atoms with van der Waals surface area (Å²) in [5.41, 5.74) is -0.308. The number of hydrogen-bond acceptors (Lipinski definition) is 3. The summed E-state index contributed by atoms with van der Waals surface area (Å²) in [6.45, 7) is 0. The van der Waals surface area contributed by atoms with Crippen LogP contribution in [0.15, 0.2) is 18.2 Å². The van der Waals surface area contributed by atoms with Crippen molar-refractivity contribution in [3.63, 3.8) is 0 Å². The molecule has 1 unspecified atom stereocenters. The monoisotopic (exact) mass is 200 g/mol. The van der Waals surface area contributed by atoms with E-state index in [-0.39, 0.29) is 11.3 Å². The second-order valence-electron chi connectivity index (χ2n) is 2.60. The van der Waals surface area contributed by atoms with E-state index in [0.29, 0.717) is 0 Å². The molecule has 1 atom stereocenters. The van der Waals surface area contributed by atoms with E-state index in [4.69, 9.17) is 10.2 Å². The molecule has 0 radical (unpaired) electrons. The van der Waals surface area contributed by atoms with Gasteiger partial charge in [-0.15, -0.1) is 0 Å². The molecular formula is C9H9FO4. The molecule has 0 saturated heterocycles. The first-order valence-electron chi connectivity index (χ1n) is 3.81. The van der Waals surface area contributed by atoms with Crippen molar-refractivity contribution in [3.8, 4) is 5.75 Å². The van der Waals surface area contributed by atoms with Crippen LogP contribution in [0.2, 0.25) is 0 Å². The van der Waals surface area contributed by atoms with Gasteiger partial charge in [0, 0.05) is 5.56 Å². The Morgan fingerprint density at radius 3 is 2.71 bits per heavy atom. The van der Waals surface area contributed by atoms with Gasteiger partial charge in [0.05, 0.1) is 7.11 Å². The van der Waals surface area contributed by atoms with E-state index in [1.54, 1.807) is 0 Å². The quantitative estimate of drug-likeness (QED) is 0.762. The number of halogens is 1. The third-order valence-corrected chi connectivity index (χ3v) is 1.74. The standard InChI is InChI=1S/C9H9FO4/c1-14-6-4-2-3-5(7(6)10)8(11)9(12)13/h2-4,8,11H,1H3,(H,12,13). The number of hydrogen-bond donors (Lipinski definition) is 2. The molecule has 0 fully saturated rings. The van der Waals surface area contributed by atoms with Gasteiger partial charge in [0.25, 0.3) is 0 Å². The molecule has 0 bridgehead atoms. The van der Waals surface area contributed by atoms with Gasteiger partial charge in [-0.25, -0.2) is 9.18 Å². The van der Waals surface area contributed by atoms with Crippen molar-refractivity contribution in [1.82, 2.24) is 0 Å². The van der Waals surface area contributed by atoms with Crippen molar-refractivity contribution in [2.75, 3.05) is 7.11 Å². The minimum absolute atomic E-state index is 0.0946. The molecule has 0 aliphatic rings. The summed E-state index contributed by atoms with van der Waals surface area (Å²) in [4.78, 5) is 10.4. The van der Waals surface area contributed by atoms with Crippen molar-refractivity contribution in [2.24, 2.45) is 0 Å². The highest BCUT2D eigenvalue weighted by Crippen LogP contribution is 2.24. The van der Waals surface area contributed by atoms with Crippen molar-refractivity contribution in [2.45, 2.75) is 6.10 Å². The van der Waals surface area contributed by atoms with Gasteiger partial charge in [-0.1, -0.05) is 12.1 Å². The summed E-state index contributed by atoms with van der Waals surface area (Å²) in [7, 11) is 1.26. The normalized spacial score (nSPS) is 12.2. The Labute approximate surface area is 79.6 Å². The van der Waals surface area contributed by atoms with Gasteiger partial charge in [0.15, 0.2) is 17.7 Å². The Kier molecular flexibility index (Phi) is 3.03. The summed E-state index contributed by atoms with van der Waals surface area (Å²) in [5, 5.41) is 17.6. The average molecular weight is 200 g/mol. The summed E-state index contributed by atoms with van der Waals surface area (Å²) in [5.74, 6) is -2.45. The van der Waals surface area contributed by atoms with Crippen LogP contribution in [0.3, 0.4) is 0 Å². The van der Waals surface area contributed by atoms with Crippen LogP contribution in [0, 0.1) is 5.82 Å². The second kappa shape index (κ2) is 4.06. The lowest BCUT2D eigenvalue weighted by Crippen LogP contribution is -2.12. The van der Waals surface area contributed by atoms with Crippen LogP contribution < -0.4 is 4.74 Å². The zero-order valence-electron chi connectivity index (χ0n) is 7.40. The fourth-order valence-corrected chi connectivity index (χ4v) is 1.03. The number of ether oxygens (including phenoxy) is 1. The van der Waals surface area contributed by atoms with Crippen molar-refractivity contribution in [3.05, 3.63) is 29.6 Å². The number of carboxylic acid groups (broad SMARTS) is 1. The summed E-state index contributed by atoms with van der Waals surface area (Å²) >= 11 is 0. The second-order valence-corrected chi connectivity index (χ2v) is 2.60. The maximum Gasteiger partial charge on any atom is 0.337 e. The predicted molar refractivity (Wildman–Crippen MR) is 45.5 cm³/mol. The molecule has 0 aliphatic heterocycles. The van der Waals surface area contributed by atoms with Gasteiger partial charge in [-0.2, -0.15) is 0 Å². The molecule has 4 nitrogen and oxygen atoms in total. The Hall–Kier alpha value is -1.62. The van der Waals surface area contributed by atoms with Crippen molar-refractivity contribution in [1.29, 1.82) is 0 Å². The number of aliphatic hydroxyl groups excluding tert-OH is 1. The molecule has 1 aromatic carbocycles. The minimum atomic E-state index is -1.87. The predicted octanol–water partition coefficient (Wildman–Crippen LogP) is 0.952. The smallest absolute Gasteiger partial charge is 0.337 e. The van der Waals surface area contributed by atoms with Crippen LogP contribution in [0.5, 0.6) is 5.75 Å². The van der Waals surface area contributed by atoms with Gasteiger partial charge >= 0.3 is 5.97 Å². The highest BCUT2D eigenvalue weighted by Gasteiger charge is 2.21. The topological polar surface area (TPSA) is 66.8 Å². The highest BCUT2D eigenvalue weighted by atomic mass is 19.1. The van der Waals surface area contributed by atoms with E-state index in [9.17, 15) is 9.18 Å². The molecule has 14 heavy (non-hydrogen) atoms. The van der Waals surface area contributed by atoms with E-state index in [2.05, 4.69) is 4.74 Å². The molecular weight excluding hydrogens is 191 g/mol. The van der Waals surface area contributed by atoms with E-state index < -0.39 is 17.9 Å². The fraction of sp³-hybridized carbons (Fsp3) is 0.222. The molecule has 0 spiro atoms. The van der Waals surface area contributed by atoms with Crippen LogP contribution in [-0.4, -0.2) is 23.3 Å². The lowest BCUT2D eigenvalue weighted by atomic mass is 10.1. The van der Waals surface area contributed by atoms with E-state index in [1.807, 2.05) is 0 Å². The Balaban J connectivity index is 3.15. The number of rotatable bonds is 3. The number of aliphatic carboxylic acids is 1. The molecule has 0 amide bonds.